The fourth-order valence-electron chi connectivity index (χ4n) is 2.30. The number of imidazole rings is 1. The van der Waals surface area contributed by atoms with Gasteiger partial charge in [-0.3, -0.25) is 0 Å². The third-order valence-electron chi connectivity index (χ3n) is 3.37. The van der Waals surface area contributed by atoms with E-state index in [0.717, 1.165) is 12.8 Å². The number of alkyl carbamates (subject to hydrolysis) is 1. The van der Waals surface area contributed by atoms with E-state index in [1.807, 2.05) is 0 Å². The molecular formula is C14H21N3O4. The Labute approximate surface area is 123 Å². The van der Waals surface area contributed by atoms with E-state index in [0.29, 0.717) is 0 Å². The molecular weight excluding hydrogens is 274 g/mol. The lowest BCUT2D eigenvalue weighted by Crippen LogP contribution is -2.59. The third kappa shape index (κ3) is 3.74. The maximum atomic E-state index is 12.0. The summed E-state index contributed by atoms with van der Waals surface area (Å²) in [6.45, 7) is 5.35. The third-order valence-corrected chi connectivity index (χ3v) is 3.37. The smallest absolute Gasteiger partial charge is 0.408 e. The van der Waals surface area contributed by atoms with E-state index in [1.165, 1.54) is 6.33 Å². The van der Waals surface area contributed by atoms with Gasteiger partial charge in [0.1, 0.15) is 5.60 Å². The Balaban J connectivity index is 2.19. The molecule has 1 aliphatic carbocycles. The monoisotopic (exact) mass is 295 g/mol. The highest BCUT2D eigenvalue weighted by atomic mass is 16.6. The number of aliphatic carboxylic acids is 1. The van der Waals surface area contributed by atoms with Gasteiger partial charge in [0, 0.05) is 12.4 Å². The highest BCUT2D eigenvalue weighted by Gasteiger charge is 2.53. The van der Waals surface area contributed by atoms with E-state index in [2.05, 4.69) is 10.3 Å². The number of nitrogens with one attached hydrogen (secondary N) is 1. The summed E-state index contributed by atoms with van der Waals surface area (Å²) >= 11 is 0. The largest absolute Gasteiger partial charge is 0.479 e. The molecule has 0 radical (unpaired) electrons. The van der Waals surface area contributed by atoms with Crippen molar-refractivity contribution in [1.29, 1.82) is 0 Å². The van der Waals surface area contributed by atoms with Gasteiger partial charge in [0.05, 0.1) is 12.9 Å². The van der Waals surface area contributed by atoms with E-state index in [1.54, 1.807) is 37.7 Å². The van der Waals surface area contributed by atoms with Crippen LogP contribution in [0.1, 0.15) is 33.6 Å². The van der Waals surface area contributed by atoms with Crippen LogP contribution in [0.3, 0.4) is 0 Å². The number of carboxylic acid groups (broad SMARTS) is 1. The molecule has 21 heavy (non-hydrogen) atoms. The van der Waals surface area contributed by atoms with Crippen LogP contribution in [0.25, 0.3) is 0 Å². The highest BCUT2D eigenvalue weighted by Crippen LogP contribution is 2.41. The first kappa shape index (κ1) is 15.3. The second kappa shape index (κ2) is 5.38. The molecule has 0 saturated heterocycles. The Morgan fingerprint density at radius 2 is 2.10 bits per heavy atom. The molecule has 1 saturated carbocycles. The molecule has 0 aliphatic heterocycles. The number of carbonyl (C=O) groups is 2. The number of carbonyl (C=O) groups excluding carboxylic acids is 1. The van der Waals surface area contributed by atoms with Crippen LogP contribution in [-0.4, -0.2) is 37.9 Å². The Kier molecular flexibility index (Phi) is 3.93. The average molecular weight is 295 g/mol. The molecule has 1 aliphatic rings. The molecule has 0 bridgehead atoms. The van der Waals surface area contributed by atoms with Gasteiger partial charge in [-0.15, -0.1) is 0 Å². The minimum absolute atomic E-state index is 0.0927. The van der Waals surface area contributed by atoms with Crippen molar-refractivity contribution in [2.45, 2.75) is 51.3 Å². The van der Waals surface area contributed by atoms with E-state index in [4.69, 9.17) is 4.74 Å². The van der Waals surface area contributed by atoms with Crippen LogP contribution < -0.4 is 5.32 Å². The minimum atomic E-state index is -1.36. The van der Waals surface area contributed by atoms with Gasteiger partial charge in [-0.25, -0.2) is 14.6 Å². The van der Waals surface area contributed by atoms with Crippen molar-refractivity contribution in [1.82, 2.24) is 14.9 Å². The number of aromatic nitrogens is 2. The lowest BCUT2D eigenvalue weighted by molar-refractivity contribution is -0.146. The summed E-state index contributed by atoms with van der Waals surface area (Å²) < 4.78 is 6.86. The van der Waals surface area contributed by atoms with Crippen molar-refractivity contribution in [2.75, 3.05) is 0 Å². The van der Waals surface area contributed by atoms with Crippen molar-refractivity contribution in [2.24, 2.45) is 5.92 Å². The summed E-state index contributed by atoms with van der Waals surface area (Å²) in [5.74, 6) is -1.14. The molecule has 1 unspecified atom stereocenters. The molecule has 0 spiro atoms. The summed E-state index contributed by atoms with van der Waals surface area (Å²) in [6.07, 6.45) is 5.63. The lowest BCUT2D eigenvalue weighted by Gasteiger charge is -2.32. The summed E-state index contributed by atoms with van der Waals surface area (Å²) in [6, 6.07) is 0. The standard InChI is InChI=1S/C14H21N3O4/c1-13(2,3)21-12(20)16-14(11(18)19,10-4-5-10)8-17-7-6-15-9-17/h6-7,9-10H,4-5,8H2,1-3H3,(H,16,20)(H,18,19). The van der Waals surface area contributed by atoms with Gasteiger partial charge in [-0.05, 0) is 39.5 Å². The van der Waals surface area contributed by atoms with Crippen LogP contribution in [-0.2, 0) is 16.1 Å². The average Bonchev–Trinajstić information content (AvgIpc) is 3.06. The van der Waals surface area contributed by atoms with Crippen molar-refractivity contribution in [3.63, 3.8) is 0 Å². The predicted octanol–water partition coefficient (Wildman–Crippen LogP) is 1.64. The molecule has 0 aromatic carbocycles. The van der Waals surface area contributed by atoms with E-state index in [9.17, 15) is 14.7 Å². The van der Waals surface area contributed by atoms with Gasteiger partial charge in [0.15, 0.2) is 5.54 Å². The summed E-state index contributed by atoms with van der Waals surface area (Å²) in [5.41, 5.74) is -2.03. The van der Waals surface area contributed by atoms with Crippen molar-refractivity contribution in [3.05, 3.63) is 18.7 Å². The van der Waals surface area contributed by atoms with Gasteiger partial charge in [0.25, 0.3) is 0 Å². The van der Waals surface area contributed by atoms with Crippen molar-refractivity contribution in [3.8, 4) is 0 Å². The Morgan fingerprint density at radius 3 is 2.52 bits per heavy atom. The molecule has 1 aromatic heterocycles. The first-order valence-electron chi connectivity index (χ1n) is 6.93. The van der Waals surface area contributed by atoms with Crippen LogP contribution in [0.5, 0.6) is 0 Å². The maximum absolute atomic E-state index is 12.0. The minimum Gasteiger partial charge on any atom is -0.479 e. The van der Waals surface area contributed by atoms with E-state index < -0.39 is 23.2 Å². The second-order valence-corrected chi connectivity index (χ2v) is 6.41. The maximum Gasteiger partial charge on any atom is 0.408 e. The molecule has 1 atom stereocenters. The van der Waals surface area contributed by atoms with Crippen LogP contribution in [0.15, 0.2) is 18.7 Å². The normalized spacial score (nSPS) is 17.9. The number of amides is 1. The number of ether oxygens (including phenoxy) is 1. The SMILES string of the molecule is CC(C)(C)OC(=O)NC(Cn1ccnc1)(C(=O)O)C1CC1. The first-order chi connectivity index (χ1) is 9.73. The van der Waals surface area contributed by atoms with Gasteiger partial charge in [-0.2, -0.15) is 0 Å². The summed E-state index contributed by atoms with van der Waals surface area (Å²) in [4.78, 5) is 27.8. The van der Waals surface area contributed by atoms with Crippen molar-refractivity contribution >= 4 is 12.1 Å². The molecule has 1 amide bonds. The number of rotatable bonds is 5. The Hall–Kier alpha value is -2.05. The van der Waals surface area contributed by atoms with Gasteiger partial charge < -0.3 is 19.7 Å². The Bertz CT molecular complexity index is 517. The molecule has 1 fully saturated rings. The topological polar surface area (TPSA) is 93.5 Å². The number of hydrogen-bond acceptors (Lipinski definition) is 4. The lowest BCUT2D eigenvalue weighted by atomic mass is 9.93. The zero-order valence-corrected chi connectivity index (χ0v) is 12.5. The van der Waals surface area contributed by atoms with Crippen LogP contribution in [0, 0.1) is 5.92 Å². The highest BCUT2D eigenvalue weighted by molar-refractivity contribution is 5.85. The molecule has 7 heteroatoms. The number of carboxylic acids is 1. The van der Waals surface area contributed by atoms with Crippen molar-refractivity contribution < 1.29 is 19.4 Å². The predicted molar refractivity (Wildman–Crippen MR) is 74.7 cm³/mol. The van der Waals surface area contributed by atoms with E-state index in [-0.39, 0.29) is 12.5 Å². The molecule has 2 rings (SSSR count). The van der Waals surface area contributed by atoms with Gasteiger partial charge >= 0.3 is 12.1 Å². The Morgan fingerprint density at radius 1 is 1.43 bits per heavy atom. The molecule has 1 heterocycles. The zero-order chi connectivity index (χ0) is 15.7. The number of nitrogens with zero attached hydrogens (tertiary/aromatic N) is 2. The van der Waals surface area contributed by atoms with Crippen LogP contribution in [0.2, 0.25) is 0 Å². The fraction of sp³-hybridized carbons (Fsp3) is 0.643. The second-order valence-electron chi connectivity index (χ2n) is 6.41. The van der Waals surface area contributed by atoms with Gasteiger partial charge in [-0.1, -0.05) is 0 Å². The molecule has 7 nitrogen and oxygen atoms in total. The van der Waals surface area contributed by atoms with Crippen LogP contribution in [0.4, 0.5) is 4.79 Å². The zero-order valence-electron chi connectivity index (χ0n) is 12.5. The van der Waals surface area contributed by atoms with Crippen LogP contribution >= 0.6 is 0 Å². The number of hydrogen-bond donors (Lipinski definition) is 2. The molecule has 2 N–H and O–H groups in total. The molecule has 1 aromatic rings. The quantitative estimate of drug-likeness (QED) is 0.861. The van der Waals surface area contributed by atoms with E-state index >= 15 is 0 Å². The first-order valence-corrected chi connectivity index (χ1v) is 6.93. The fourth-order valence-corrected chi connectivity index (χ4v) is 2.30. The summed E-state index contributed by atoms with van der Waals surface area (Å²) in [7, 11) is 0. The molecule has 116 valence electrons. The van der Waals surface area contributed by atoms with Gasteiger partial charge in [0.2, 0.25) is 0 Å². The summed E-state index contributed by atoms with van der Waals surface area (Å²) in [5, 5.41) is 12.3.